The lowest BCUT2D eigenvalue weighted by Crippen LogP contribution is -2.20. The summed E-state index contributed by atoms with van der Waals surface area (Å²) in [7, 11) is 0. The van der Waals surface area contributed by atoms with E-state index in [0.717, 1.165) is 10.2 Å². The van der Waals surface area contributed by atoms with Gasteiger partial charge in [0.15, 0.2) is 12.3 Å². The summed E-state index contributed by atoms with van der Waals surface area (Å²) in [6.07, 6.45) is 3.37. The maximum absolute atomic E-state index is 12.1. The molecule has 0 atom stereocenters. The van der Waals surface area contributed by atoms with E-state index in [1.807, 2.05) is 6.92 Å². The van der Waals surface area contributed by atoms with Crippen LogP contribution >= 0.6 is 15.9 Å². The van der Waals surface area contributed by atoms with Gasteiger partial charge in [-0.3, -0.25) is 9.20 Å². The van der Waals surface area contributed by atoms with Crippen molar-refractivity contribution in [3.8, 4) is 11.5 Å². The molecule has 3 rings (SSSR count). The highest BCUT2D eigenvalue weighted by molar-refractivity contribution is 9.10. The number of halogens is 1. The van der Waals surface area contributed by atoms with E-state index in [9.17, 15) is 4.79 Å². The molecule has 0 aliphatic carbocycles. The number of fused-ring (bicyclic) bond motifs is 1. The van der Waals surface area contributed by atoms with Crippen molar-refractivity contribution in [1.29, 1.82) is 0 Å². The van der Waals surface area contributed by atoms with Crippen molar-refractivity contribution >= 4 is 33.2 Å². The number of amides is 1. The van der Waals surface area contributed by atoms with E-state index in [1.165, 1.54) is 0 Å². The van der Waals surface area contributed by atoms with Gasteiger partial charge in [-0.05, 0) is 53.2 Å². The number of benzene rings is 1. The molecule has 0 unspecified atom stereocenters. The fraction of sp³-hybridized carbons (Fsp3) is 0.188. The molecular weight excluding hydrogens is 376 g/mol. The Morgan fingerprint density at radius 1 is 1.25 bits per heavy atom. The van der Waals surface area contributed by atoms with Crippen LogP contribution in [0.2, 0.25) is 0 Å². The average molecular weight is 391 g/mol. The van der Waals surface area contributed by atoms with Gasteiger partial charge in [0, 0.05) is 10.7 Å². The van der Waals surface area contributed by atoms with Crippen molar-refractivity contribution in [2.75, 3.05) is 18.5 Å². The van der Waals surface area contributed by atoms with Gasteiger partial charge in [0.25, 0.3) is 5.91 Å². The number of anilines is 1. The Balaban J connectivity index is 1.62. The summed E-state index contributed by atoms with van der Waals surface area (Å²) in [6, 6.07) is 8.87. The lowest BCUT2D eigenvalue weighted by atomic mass is 10.3. The molecule has 0 aliphatic heterocycles. The third-order valence-electron chi connectivity index (χ3n) is 3.14. The van der Waals surface area contributed by atoms with E-state index in [-0.39, 0.29) is 12.5 Å². The van der Waals surface area contributed by atoms with E-state index in [2.05, 4.69) is 31.4 Å². The molecule has 3 aromatic rings. The third kappa shape index (κ3) is 3.83. The van der Waals surface area contributed by atoms with Gasteiger partial charge in [-0.1, -0.05) is 0 Å². The van der Waals surface area contributed by atoms with Gasteiger partial charge in [0.2, 0.25) is 0 Å². The fourth-order valence-electron chi connectivity index (χ4n) is 2.13. The quantitative estimate of drug-likeness (QED) is 0.699. The Morgan fingerprint density at radius 2 is 1.96 bits per heavy atom. The van der Waals surface area contributed by atoms with Crippen molar-refractivity contribution in [3.05, 3.63) is 47.3 Å². The average Bonchev–Trinajstić information content (AvgIpc) is 3.03. The van der Waals surface area contributed by atoms with Crippen LogP contribution in [0, 0.1) is 0 Å². The minimum absolute atomic E-state index is 0.110. The molecule has 2 heterocycles. The number of aromatic nitrogens is 3. The molecule has 0 saturated heterocycles. The van der Waals surface area contributed by atoms with Crippen molar-refractivity contribution < 1.29 is 14.3 Å². The first kappa shape index (κ1) is 16.3. The maximum Gasteiger partial charge on any atom is 0.262 e. The summed E-state index contributed by atoms with van der Waals surface area (Å²) in [5, 5.41) is 10.6. The second-order valence-electron chi connectivity index (χ2n) is 4.88. The number of nitrogens with one attached hydrogen (secondary N) is 1. The molecule has 0 saturated carbocycles. The number of pyridine rings is 1. The molecular formula is C16H15BrN4O3. The number of hydrogen-bond donors (Lipinski definition) is 1. The van der Waals surface area contributed by atoms with Crippen LogP contribution in [0.3, 0.4) is 0 Å². The highest BCUT2D eigenvalue weighted by Crippen LogP contribution is 2.21. The summed E-state index contributed by atoms with van der Waals surface area (Å²) in [5.74, 6) is 1.07. The van der Waals surface area contributed by atoms with Crippen molar-refractivity contribution in [2.24, 2.45) is 0 Å². The molecule has 1 aromatic carbocycles. The van der Waals surface area contributed by atoms with Crippen LogP contribution in [0.4, 0.5) is 5.69 Å². The SMILES string of the molecule is CCOc1ccc(OCC(=O)Nc2cc(Br)cn3cnnc23)cc1. The van der Waals surface area contributed by atoms with Gasteiger partial charge in [-0.15, -0.1) is 10.2 Å². The molecule has 124 valence electrons. The second-order valence-corrected chi connectivity index (χ2v) is 5.79. The van der Waals surface area contributed by atoms with Crippen LogP contribution in [0.15, 0.2) is 47.3 Å². The molecule has 0 radical (unpaired) electrons. The van der Waals surface area contributed by atoms with Crippen LogP contribution in [-0.2, 0) is 4.79 Å². The van der Waals surface area contributed by atoms with Gasteiger partial charge >= 0.3 is 0 Å². The highest BCUT2D eigenvalue weighted by Gasteiger charge is 2.10. The molecule has 24 heavy (non-hydrogen) atoms. The lowest BCUT2D eigenvalue weighted by molar-refractivity contribution is -0.118. The molecule has 0 bridgehead atoms. The van der Waals surface area contributed by atoms with Crippen molar-refractivity contribution in [1.82, 2.24) is 14.6 Å². The summed E-state index contributed by atoms with van der Waals surface area (Å²) >= 11 is 3.38. The fourth-order valence-corrected chi connectivity index (χ4v) is 2.58. The Hall–Kier alpha value is -2.61. The molecule has 0 spiro atoms. The van der Waals surface area contributed by atoms with Crippen LogP contribution in [-0.4, -0.2) is 33.7 Å². The topological polar surface area (TPSA) is 77.8 Å². The molecule has 8 heteroatoms. The van der Waals surface area contributed by atoms with E-state index in [0.29, 0.717) is 23.7 Å². The van der Waals surface area contributed by atoms with E-state index >= 15 is 0 Å². The summed E-state index contributed by atoms with van der Waals surface area (Å²) < 4.78 is 13.3. The van der Waals surface area contributed by atoms with Gasteiger partial charge in [-0.25, -0.2) is 0 Å². The monoisotopic (exact) mass is 390 g/mol. The Kier molecular flexibility index (Phi) is 4.95. The number of ether oxygens (including phenoxy) is 2. The van der Waals surface area contributed by atoms with Crippen molar-refractivity contribution in [2.45, 2.75) is 6.92 Å². The lowest BCUT2D eigenvalue weighted by Gasteiger charge is -2.09. The zero-order valence-corrected chi connectivity index (χ0v) is 14.5. The first-order chi connectivity index (χ1) is 11.7. The van der Waals surface area contributed by atoms with Crippen LogP contribution in [0.25, 0.3) is 5.65 Å². The van der Waals surface area contributed by atoms with E-state index < -0.39 is 0 Å². The Labute approximate surface area is 146 Å². The van der Waals surface area contributed by atoms with Gasteiger partial charge < -0.3 is 14.8 Å². The molecule has 1 N–H and O–H groups in total. The molecule has 1 amide bonds. The largest absolute Gasteiger partial charge is 0.494 e. The number of hydrogen-bond acceptors (Lipinski definition) is 5. The standard InChI is InChI=1S/C16H15BrN4O3/c1-2-23-12-3-5-13(6-4-12)24-9-15(22)19-14-7-11(17)8-21-10-18-20-16(14)21/h3-8,10H,2,9H2,1H3,(H,19,22). The first-order valence-corrected chi connectivity index (χ1v) is 8.09. The van der Waals surface area contributed by atoms with Gasteiger partial charge in [-0.2, -0.15) is 0 Å². The maximum atomic E-state index is 12.1. The number of carbonyl (C=O) groups is 1. The second kappa shape index (κ2) is 7.31. The van der Waals surface area contributed by atoms with Gasteiger partial charge in [0.1, 0.15) is 17.8 Å². The first-order valence-electron chi connectivity index (χ1n) is 7.30. The zero-order chi connectivity index (χ0) is 16.9. The number of rotatable bonds is 6. The van der Waals surface area contributed by atoms with Crippen LogP contribution in [0.1, 0.15) is 6.92 Å². The van der Waals surface area contributed by atoms with Crippen molar-refractivity contribution in [3.63, 3.8) is 0 Å². The highest BCUT2D eigenvalue weighted by atomic mass is 79.9. The molecule has 2 aromatic heterocycles. The molecule has 0 fully saturated rings. The van der Waals surface area contributed by atoms with Crippen LogP contribution < -0.4 is 14.8 Å². The predicted octanol–water partition coefficient (Wildman–Crippen LogP) is 2.91. The Bertz CT molecular complexity index is 848. The minimum Gasteiger partial charge on any atom is -0.494 e. The minimum atomic E-state index is -0.285. The predicted molar refractivity (Wildman–Crippen MR) is 92.4 cm³/mol. The van der Waals surface area contributed by atoms with Crippen LogP contribution in [0.5, 0.6) is 11.5 Å². The van der Waals surface area contributed by atoms with Gasteiger partial charge in [0.05, 0.1) is 12.3 Å². The smallest absolute Gasteiger partial charge is 0.262 e. The molecule has 0 aliphatic rings. The molecule has 7 nitrogen and oxygen atoms in total. The van der Waals surface area contributed by atoms with E-state index in [1.54, 1.807) is 47.3 Å². The van der Waals surface area contributed by atoms with E-state index in [4.69, 9.17) is 9.47 Å². The zero-order valence-electron chi connectivity index (χ0n) is 12.9. The normalized spacial score (nSPS) is 10.6. The Morgan fingerprint density at radius 3 is 2.67 bits per heavy atom. The summed E-state index contributed by atoms with van der Waals surface area (Å²) in [6.45, 7) is 2.41. The number of carbonyl (C=O) groups excluding carboxylic acids is 1. The summed E-state index contributed by atoms with van der Waals surface area (Å²) in [5.41, 5.74) is 1.12. The number of nitrogens with zero attached hydrogens (tertiary/aromatic N) is 3. The third-order valence-corrected chi connectivity index (χ3v) is 3.57. The summed E-state index contributed by atoms with van der Waals surface area (Å²) in [4.78, 5) is 12.1.